The molecule has 0 bridgehead atoms. The highest BCUT2D eigenvalue weighted by Crippen LogP contribution is 2.35. The van der Waals surface area contributed by atoms with Gasteiger partial charge in [-0.2, -0.15) is 0 Å². The van der Waals surface area contributed by atoms with E-state index in [0.29, 0.717) is 0 Å². The Bertz CT molecular complexity index is 669. The minimum atomic E-state index is -0.425. The Balaban J connectivity index is 1.72. The molecule has 1 aliphatic rings. The minimum Gasteiger partial charge on any atom is -0.299 e. The quantitative estimate of drug-likeness (QED) is 0.852. The second-order valence-corrected chi connectivity index (χ2v) is 6.74. The fourth-order valence-corrected chi connectivity index (χ4v) is 3.42. The normalized spacial score (nSPS) is 17.8. The molecule has 23 heavy (non-hydrogen) atoms. The number of likely N-dealkylation sites (tertiary alicyclic amines) is 1. The lowest BCUT2D eigenvalue weighted by molar-refractivity contribution is 0.182. The maximum absolute atomic E-state index is 11.8. The van der Waals surface area contributed by atoms with Crippen molar-refractivity contribution in [2.75, 3.05) is 13.1 Å². The molecule has 1 radical (unpaired) electrons. The van der Waals surface area contributed by atoms with Crippen molar-refractivity contribution >= 4 is 6.29 Å². The summed E-state index contributed by atoms with van der Waals surface area (Å²) in [5.41, 5.74) is 4.57. The molecule has 0 atom stereocenters. The molecule has 0 N–H and O–H groups in total. The fourth-order valence-electron chi connectivity index (χ4n) is 3.42. The van der Waals surface area contributed by atoms with Gasteiger partial charge >= 0.3 is 0 Å². The zero-order chi connectivity index (χ0) is 16.3. The van der Waals surface area contributed by atoms with Crippen LogP contribution in [0.3, 0.4) is 0 Å². The third-order valence-corrected chi connectivity index (χ3v) is 5.21. The second kappa shape index (κ2) is 6.67. The van der Waals surface area contributed by atoms with Gasteiger partial charge in [0.2, 0.25) is 6.29 Å². The highest BCUT2D eigenvalue weighted by molar-refractivity contribution is 5.70. The van der Waals surface area contributed by atoms with E-state index in [1.165, 1.54) is 16.7 Å². The van der Waals surface area contributed by atoms with Crippen LogP contribution in [0.5, 0.6) is 0 Å². The summed E-state index contributed by atoms with van der Waals surface area (Å²) in [6.07, 6.45) is 4.09. The monoisotopic (exact) mass is 306 g/mol. The number of piperidine rings is 1. The third kappa shape index (κ3) is 3.37. The molecule has 0 unspecified atom stereocenters. The molecule has 0 saturated carbocycles. The van der Waals surface area contributed by atoms with Crippen molar-refractivity contribution in [2.45, 2.75) is 38.6 Å². The van der Waals surface area contributed by atoms with E-state index < -0.39 is 5.41 Å². The van der Waals surface area contributed by atoms with E-state index in [2.05, 4.69) is 67.5 Å². The molecule has 1 saturated heterocycles. The minimum absolute atomic E-state index is 0.425. The van der Waals surface area contributed by atoms with Crippen molar-refractivity contribution in [1.29, 1.82) is 0 Å². The average molecular weight is 306 g/mol. The highest BCUT2D eigenvalue weighted by Gasteiger charge is 2.37. The van der Waals surface area contributed by atoms with Gasteiger partial charge < -0.3 is 0 Å². The van der Waals surface area contributed by atoms with Crippen LogP contribution in [-0.2, 0) is 16.8 Å². The summed E-state index contributed by atoms with van der Waals surface area (Å²) in [6.45, 7) is 7.07. The Kier molecular flexibility index (Phi) is 4.63. The van der Waals surface area contributed by atoms with Gasteiger partial charge in [0.05, 0.1) is 5.41 Å². The summed E-state index contributed by atoms with van der Waals surface area (Å²) in [6, 6.07) is 16.9. The lowest BCUT2D eigenvalue weighted by Crippen LogP contribution is -2.43. The molecule has 1 heterocycles. The van der Waals surface area contributed by atoms with Crippen LogP contribution in [0.25, 0.3) is 0 Å². The molecule has 119 valence electrons. The summed E-state index contributed by atoms with van der Waals surface area (Å²) in [4.78, 5) is 14.2. The summed E-state index contributed by atoms with van der Waals surface area (Å²) in [7, 11) is 0. The van der Waals surface area contributed by atoms with Crippen molar-refractivity contribution in [3.05, 3.63) is 70.8 Å². The molecule has 3 rings (SSSR count). The van der Waals surface area contributed by atoms with Gasteiger partial charge in [0.15, 0.2) is 0 Å². The van der Waals surface area contributed by atoms with Crippen LogP contribution in [0.2, 0.25) is 0 Å². The van der Waals surface area contributed by atoms with Gasteiger partial charge in [0, 0.05) is 6.54 Å². The van der Waals surface area contributed by atoms with Crippen LogP contribution in [0.15, 0.2) is 48.5 Å². The van der Waals surface area contributed by atoms with E-state index in [0.717, 1.165) is 38.0 Å². The van der Waals surface area contributed by atoms with Gasteiger partial charge in [-0.3, -0.25) is 9.69 Å². The maximum atomic E-state index is 11.8. The first-order valence-electron chi connectivity index (χ1n) is 8.36. The first-order chi connectivity index (χ1) is 11.1. The summed E-state index contributed by atoms with van der Waals surface area (Å²) >= 11 is 0. The van der Waals surface area contributed by atoms with Crippen LogP contribution in [0.4, 0.5) is 0 Å². The van der Waals surface area contributed by atoms with Crippen molar-refractivity contribution in [3.8, 4) is 0 Å². The first kappa shape index (κ1) is 15.9. The number of benzene rings is 2. The van der Waals surface area contributed by atoms with Crippen LogP contribution < -0.4 is 0 Å². The summed E-state index contributed by atoms with van der Waals surface area (Å²) in [5.74, 6) is 0. The van der Waals surface area contributed by atoms with E-state index >= 15 is 0 Å². The van der Waals surface area contributed by atoms with Gasteiger partial charge in [-0.05, 0) is 62.0 Å². The Morgan fingerprint density at radius 3 is 2.30 bits per heavy atom. The molecular weight excluding hydrogens is 282 g/mol. The fraction of sp³-hybridized carbons (Fsp3) is 0.381. The Labute approximate surface area is 139 Å². The topological polar surface area (TPSA) is 20.3 Å². The largest absolute Gasteiger partial charge is 0.299 e. The molecule has 1 aliphatic heterocycles. The Morgan fingerprint density at radius 2 is 1.70 bits per heavy atom. The zero-order valence-corrected chi connectivity index (χ0v) is 14.0. The number of carbonyl (C=O) groups excluding carboxylic acids is 1. The second-order valence-electron chi connectivity index (χ2n) is 6.74. The van der Waals surface area contributed by atoms with Crippen molar-refractivity contribution < 1.29 is 4.79 Å². The predicted octanol–water partition coefficient (Wildman–Crippen LogP) is 3.95. The van der Waals surface area contributed by atoms with Crippen LogP contribution >= 0.6 is 0 Å². The van der Waals surface area contributed by atoms with Crippen LogP contribution in [0.1, 0.15) is 35.1 Å². The molecule has 0 spiro atoms. The number of hydrogen-bond acceptors (Lipinski definition) is 2. The van der Waals surface area contributed by atoms with E-state index in [4.69, 9.17) is 0 Å². The number of aryl methyl sites for hydroxylation is 2. The smallest absolute Gasteiger partial charge is 0.209 e. The molecule has 0 aliphatic carbocycles. The van der Waals surface area contributed by atoms with Crippen molar-refractivity contribution in [1.82, 2.24) is 4.90 Å². The maximum Gasteiger partial charge on any atom is 0.209 e. The van der Waals surface area contributed by atoms with Gasteiger partial charge in [-0.15, -0.1) is 0 Å². The molecule has 1 fully saturated rings. The van der Waals surface area contributed by atoms with Crippen LogP contribution in [0, 0.1) is 13.8 Å². The van der Waals surface area contributed by atoms with E-state index in [1.54, 1.807) is 0 Å². The first-order valence-corrected chi connectivity index (χ1v) is 8.36. The van der Waals surface area contributed by atoms with Gasteiger partial charge in [-0.1, -0.05) is 48.5 Å². The Morgan fingerprint density at radius 1 is 1.00 bits per heavy atom. The van der Waals surface area contributed by atoms with Crippen LogP contribution in [-0.4, -0.2) is 24.3 Å². The zero-order valence-electron chi connectivity index (χ0n) is 14.0. The van der Waals surface area contributed by atoms with Gasteiger partial charge in [0.1, 0.15) is 0 Å². The number of nitrogens with zero attached hydrogens (tertiary/aromatic N) is 1. The third-order valence-electron chi connectivity index (χ3n) is 5.21. The average Bonchev–Trinajstić information content (AvgIpc) is 2.59. The van der Waals surface area contributed by atoms with E-state index in [-0.39, 0.29) is 0 Å². The van der Waals surface area contributed by atoms with E-state index in [1.807, 2.05) is 6.07 Å². The standard InChI is InChI=1S/C21H24NO/c1-17-8-9-20(14-18(17)2)21(16-23)10-12-22(13-11-21)15-19-6-4-3-5-7-19/h3-9,14H,10-13,15H2,1-2H3. The van der Waals surface area contributed by atoms with E-state index in [9.17, 15) is 4.79 Å². The molecule has 2 heteroatoms. The number of rotatable bonds is 4. The number of hydrogen-bond donors (Lipinski definition) is 0. The lowest BCUT2D eigenvalue weighted by atomic mass is 9.73. The van der Waals surface area contributed by atoms with Gasteiger partial charge in [-0.25, -0.2) is 0 Å². The summed E-state index contributed by atoms with van der Waals surface area (Å²) in [5, 5.41) is 0. The Hall–Kier alpha value is -1.93. The summed E-state index contributed by atoms with van der Waals surface area (Å²) < 4.78 is 0. The molecule has 0 aromatic heterocycles. The molecule has 2 aromatic carbocycles. The molecule has 0 amide bonds. The molecule has 2 aromatic rings. The molecular formula is C21H24NO. The van der Waals surface area contributed by atoms with Crippen molar-refractivity contribution in [3.63, 3.8) is 0 Å². The SMILES string of the molecule is Cc1ccc(C2([C]=O)CCN(Cc3ccccc3)CC2)cc1C. The highest BCUT2D eigenvalue weighted by atomic mass is 16.1. The molecule has 2 nitrogen and oxygen atoms in total. The lowest BCUT2D eigenvalue weighted by Gasteiger charge is -2.38. The predicted molar refractivity (Wildman–Crippen MR) is 94.2 cm³/mol. The van der Waals surface area contributed by atoms with Gasteiger partial charge in [0.25, 0.3) is 0 Å². The van der Waals surface area contributed by atoms with Crippen molar-refractivity contribution in [2.24, 2.45) is 0 Å².